The quantitative estimate of drug-likeness (QED) is 0.506. The van der Waals surface area contributed by atoms with Gasteiger partial charge in [-0.25, -0.2) is 0 Å². The first kappa shape index (κ1) is 20.2. The molecule has 1 aromatic rings. The number of hydrogen-bond acceptors (Lipinski definition) is 5. The van der Waals surface area contributed by atoms with Crippen LogP contribution in [0.25, 0.3) is 0 Å². The number of guanidine groups is 1. The van der Waals surface area contributed by atoms with Crippen molar-refractivity contribution in [2.24, 2.45) is 4.99 Å². The Bertz CT molecular complexity index is 570. The highest BCUT2D eigenvalue weighted by Gasteiger charge is 2.30. The number of furan rings is 1. The fraction of sp³-hybridized carbons (Fsp3) is 0.750. The molecule has 2 aliphatic heterocycles. The molecular weight excluding hydrogens is 344 g/mol. The number of nitrogens with zero attached hydrogens (tertiary/aromatic N) is 2. The van der Waals surface area contributed by atoms with Gasteiger partial charge in [-0.05, 0) is 45.0 Å². The Kier molecular flexibility index (Phi) is 7.55. The first-order chi connectivity index (χ1) is 13.2. The van der Waals surface area contributed by atoms with Crippen molar-refractivity contribution in [3.63, 3.8) is 0 Å². The lowest BCUT2D eigenvalue weighted by atomic mass is 10.2. The van der Waals surface area contributed by atoms with Gasteiger partial charge in [-0.15, -0.1) is 0 Å². The van der Waals surface area contributed by atoms with Crippen LogP contribution in [0.3, 0.4) is 0 Å². The van der Waals surface area contributed by atoms with E-state index >= 15 is 0 Å². The van der Waals surface area contributed by atoms with Gasteiger partial charge < -0.3 is 24.5 Å². The number of rotatable bonds is 9. The van der Waals surface area contributed by atoms with Gasteiger partial charge in [0.15, 0.2) is 11.7 Å². The van der Waals surface area contributed by atoms with Crippen LogP contribution in [0.15, 0.2) is 27.8 Å². The summed E-state index contributed by atoms with van der Waals surface area (Å²) in [5, 5.41) is 6.87. The van der Waals surface area contributed by atoms with Crippen molar-refractivity contribution in [3.8, 4) is 0 Å². The molecule has 0 radical (unpaired) electrons. The highest BCUT2D eigenvalue weighted by atomic mass is 16.7. The molecule has 1 unspecified atom stereocenters. The van der Waals surface area contributed by atoms with Crippen LogP contribution in [0.4, 0.5) is 0 Å². The van der Waals surface area contributed by atoms with E-state index in [0.29, 0.717) is 19.3 Å². The Labute approximate surface area is 162 Å². The Hall–Kier alpha value is -1.57. The van der Waals surface area contributed by atoms with Crippen molar-refractivity contribution in [2.75, 3.05) is 45.9 Å². The van der Waals surface area contributed by atoms with Crippen LogP contribution in [-0.4, -0.2) is 68.6 Å². The SMILES string of the molecule is CCN1CCCC1CN=C(NCCc1ccco1)NCCC1(C)OCCO1. The predicted octanol–water partition coefficient (Wildman–Crippen LogP) is 1.99. The van der Waals surface area contributed by atoms with E-state index in [2.05, 4.69) is 22.5 Å². The summed E-state index contributed by atoms with van der Waals surface area (Å²) in [6, 6.07) is 4.47. The second-order valence-corrected chi connectivity index (χ2v) is 7.38. The molecule has 7 heteroatoms. The van der Waals surface area contributed by atoms with Gasteiger partial charge in [0.1, 0.15) is 5.76 Å². The van der Waals surface area contributed by atoms with E-state index in [9.17, 15) is 0 Å². The zero-order chi connectivity index (χ0) is 19.0. The smallest absolute Gasteiger partial charge is 0.191 e. The summed E-state index contributed by atoms with van der Waals surface area (Å²) in [6.45, 7) is 10.2. The second kappa shape index (κ2) is 10.1. The lowest BCUT2D eigenvalue weighted by Gasteiger charge is -2.24. The zero-order valence-corrected chi connectivity index (χ0v) is 16.7. The topological polar surface area (TPSA) is 71.3 Å². The van der Waals surface area contributed by atoms with Gasteiger partial charge in [-0.3, -0.25) is 9.89 Å². The van der Waals surface area contributed by atoms with Crippen molar-refractivity contribution in [3.05, 3.63) is 24.2 Å². The lowest BCUT2D eigenvalue weighted by molar-refractivity contribution is -0.145. The highest BCUT2D eigenvalue weighted by Crippen LogP contribution is 2.21. The normalized spacial score (nSPS) is 23.0. The van der Waals surface area contributed by atoms with Gasteiger partial charge in [0.05, 0.1) is 26.0 Å². The molecule has 27 heavy (non-hydrogen) atoms. The molecule has 7 nitrogen and oxygen atoms in total. The largest absolute Gasteiger partial charge is 0.469 e. The van der Waals surface area contributed by atoms with Gasteiger partial charge in [0, 0.05) is 32.0 Å². The molecule has 1 atom stereocenters. The van der Waals surface area contributed by atoms with E-state index in [0.717, 1.165) is 50.7 Å². The first-order valence-electron chi connectivity index (χ1n) is 10.2. The monoisotopic (exact) mass is 378 g/mol. The lowest BCUT2D eigenvalue weighted by Crippen LogP contribution is -2.42. The summed E-state index contributed by atoms with van der Waals surface area (Å²) in [5.41, 5.74) is 0. The van der Waals surface area contributed by atoms with Crippen LogP contribution in [0.2, 0.25) is 0 Å². The van der Waals surface area contributed by atoms with Gasteiger partial charge in [-0.2, -0.15) is 0 Å². The van der Waals surface area contributed by atoms with Crippen LogP contribution >= 0.6 is 0 Å². The summed E-state index contributed by atoms with van der Waals surface area (Å²) in [7, 11) is 0. The third kappa shape index (κ3) is 6.23. The molecule has 0 aromatic carbocycles. The third-order valence-electron chi connectivity index (χ3n) is 5.38. The standard InChI is InChI=1S/C20H34N4O3/c1-3-24-12-4-6-17(24)16-23-19(21-10-8-18-7-5-13-25-18)22-11-9-20(2)26-14-15-27-20/h5,7,13,17H,3-4,6,8-12,14-16H2,1-2H3,(H2,21,22,23). The van der Waals surface area contributed by atoms with E-state index in [1.165, 1.54) is 19.4 Å². The van der Waals surface area contributed by atoms with E-state index < -0.39 is 5.79 Å². The molecule has 1 aromatic heterocycles. The average Bonchev–Trinajstić information content (AvgIpc) is 3.41. The van der Waals surface area contributed by atoms with E-state index in [-0.39, 0.29) is 0 Å². The number of likely N-dealkylation sites (tertiary alicyclic amines) is 1. The van der Waals surface area contributed by atoms with E-state index in [4.69, 9.17) is 18.9 Å². The first-order valence-corrected chi connectivity index (χ1v) is 10.2. The molecule has 2 fully saturated rings. The zero-order valence-electron chi connectivity index (χ0n) is 16.7. The Morgan fingerprint density at radius 2 is 2.11 bits per heavy atom. The summed E-state index contributed by atoms with van der Waals surface area (Å²) in [5.74, 6) is 1.36. The maximum atomic E-state index is 5.68. The number of nitrogens with one attached hydrogen (secondary N) is 2. The van der Waals surface area contributed by atoms with Gasteiger partial charge >= 0.3 is 0 Å². The minimum Gasteiger partial charge on any atom is -0.469 e. The molecule has 0 spiro atoms. The molecule has 0 saturated carbocycles. The Morgan fingerprint density at radius 1 is 1.30 bits per heavy atom. The fourth-order valence-corrected chi connectivity index (χ4v) is 3.76. The highest BCUT2D eigenvalue weighted by molar-refractivity contribution is 5.79. The van der Waals surface area contributed by atoms with Crippen molar-refractivity contribution < 1.29 is 13.9 Å². The van der Waals surface area contributed by atoms with Crippen molar-refractivity contribution in [2.45, 2.75) is 51.4 Å². The molecule has 3 heterocycles. The molecule has 152 valence electrons. The summed E-state index contributed by atoms with van der Waals surface area (Å²) < 4.78 is 16.8. The van der Waals surface area contributed by atoms with Crippen LogP contribution in [-0.2, 0) is 15.9 Å². The third-order valence-corrected chi connectivity index (χ3v) is 5.38. The van der Waals surface area contributed by atoms with Crippen molar-refractivity contribution >= 4 is 5.96 Å². The molecular formula is C20H34N4O3. The summed E-state index contributed by atoms with van der Waals surface area (Å²) in [6.07, 6.45) is 5.84. The second-order valence-electron chi connectivity index (χ2n) is 7.38. The molecule has 0 bridgehead atoms. The minimum atomic E-state index is -0.475. The van der Waals surface area contributed by atoms with Gasteiger partial charge in [0.25, 0.3) is 0 Å². The molecule has 2 N–H and O–H groups in total. The molecule has 2 aliphatic rings. The van der Waals surface area contributed by atoms with E-state index in [1.807, 2.05) is 19.1 Å². The van der Waals surface area contributed by atoms with Crippen LogP contribution in [0.1, 0.15) is 38.9 Å². The molecule has 0 amide bonds. The van der Waals surface area contributed by atoms with Gasteiger partial charge in [-0.1, -0.05) is 6.92 Å². The fourth-order valence-electron chi connectivity index (χ4n) is 3.76. The van der Waals surface area contributed by atoms with Crippen LogP contribution in [0, 0.1) is 0 Å². The molecule has 3 rings (SSSR count). The van der Waals surface area contributed by atoms with Crippen LogP contribution in [0.5, 0.6) is 0 Å². The molecule has 2 saturated heterocycles. The molecule has 0 aliphatic carbocycles. The average molecular weight is 379 g/mol. The number of hydrogen-bond donors (Lipinski definition) is 2. The van der Waals surface area contributed by atoms with Crippen molar-refractivity contribution in [1.29, 1.82) is 0 Å². The number of aliphatic imine (C=N–C) groups is 1. The Balaban J connectivity index is 1.49. The van der Waals surface area contributed by atoms with E-state index in [1.54, 1.807) is 6.26 Å². The van der Waals surface area contributed by atoms with Gasteiger partial charge in [0.2, 0.25) is 0 Å². The predicted molar refractivity (Wildman–Crippen MR) is 106 cm³/mol. The maximum absolute atomic E-state index is 5.68. The minimum absolute atomic E-state index is 0.475. The van der Waals surface area contributed by atoms with Crippen LogP contribution < -0.4 is 10.6 Å². The number of likely N-dealkylation sites (N-methyl/N-ethyl adjacent to an activating group) is 1. The summed E-state index contributed by atoms with van der Waals surface area (Å²) in [4.78, 5) is 7.37. The number of ether oxygens (including phenoxy) is 2. The summed E-state index contributed by atoms with van der Waals surface area (Å²) >= 11 is 0. The Morgan fingerprint density at radius 3 is 2.85 bits per heavy atom. The maximum Gasteiger partial charge on any atom is 0.191 e. The van der Waals surface area contributed by atoms with Crippen molar-refractivity contribution in [1.82, 2.24) is 15.5 Å².